The van der Waals surface area contributed by atoms with Gasteiger partial charge in [-0.05, 0) is 29.5 Å². The molecule has 0 atom stereocenters. The van der Waals surface area contributed by atoms with E-state index in [-0.39, 0.29) is 16.8 Å². The zero-order chi connectivity index (χ0) is 18.6. The average molecular weight is 408 g/mol. The van der Waals surface area contributed by atoms with E-state index in [2.05, 4.69) is 26.5 Å². The Kier molecular flexibility index (Phi) is 5.39. The monoisotopic (exact) mass is 407 g/mol. The summed E-state index contributed by atoms with van der Waals surface area (Å²) in [5, 5.41) is 36.8. The second-order valence-corrected chi connectivity index (χ2v) is 5.52. The van der Waals surface area contributed by atoms with E-state index in [1.807, 2.05) is 0 Å². The zero-order valence-electron chi connectivity index (χ0n) is 12.2. The van der Waals surface area contributed by atoms with Crippen LogP contribution in [0.1, 0.15) is 15.9 Å². The molecule has 1 N–H and O–H groups in total. The first kappa shape index (κ1) is 18.0. The second-order valence-electron chi connectivity index (χ2n) is 4.60. The second kappa shape index (κ2) is 7.49. The number of hydrazone groups is 1. The van der Waals surface area contributed by atoms with Crippen LogP contribution < -0.4 is 10.5 Å². The molecule has 0 spiro atoms. The summed E-state index contributed by atoms with van der Waals surface area (Å²) in [5.41, 5.74) is 1.36. The summed E-state index contributed by atoms with van der Waals surface area (Å²) in [6.07, 6.45) is 0.976. The molecule has 0 saturated heterocycles. The van der Waals surface area contributed by atoms with E-state index in [1.54, 1.807) is 0 Å². The summed E-state index contributed by atoms with van der Waals surface area (Å²) in [7, 11) is 0. The molecule has 0 heterocycles. The number of amides is 1. The van der Waals surface area contributed by atoms with E-state index in [4.69, 9.17) is 0 Å². The molecule has 0 radical (unpaired) electrons. The number of nitro groups is 2. The summed E-state index contributed by atoms with van der Waals surface area (Å²) in [5.74, 6) is -1.51. The lowest BCUT2D eigenvalue weighted by atomic mass is 10.2. The van der Waals surface area contributed by atoms with Crippen molar-refractivity contribution in [3.8, 4) is 5.75 Å². The van der Waals surface area contributed by atoms with Crippen molar-refractivity contribution in [3.63, 3.8) is 0 Å². The van der Waals surface area contributed by atoms with E-state index in [1.165, 1.54) is 18.2 Å². The summed E-state index contributed by atoms with van der Waals surface area (Å²) >= 11 is 3.04. The van der Waals surface area contributed by atoms with Gasteiger partial charge in [0.15, 0.2) is 0 Å². The number of nitrogens with zero attached hydrogens (tertiary/aromatic N) is 3. The van der Waals surface area contributed by atoms with E-state index in [0.29, 0.717) is 4.47 Å². The van der Waals surface area contributed by atoms with E-state index in [0.717, 1.165) is 24.4 Å². The fraction of sp³-hybridized carbons (Fsp3) is 0. The smallest absolute Gasteiger partial charge is 0.271 e. The van der Waals surface area contributed by atoms with Gasteiger partial charge in [-0.3, -0.25) is 25.0 Å². The Hall–Kier alpha value is -3.34. The molecule has 128 valence electrons. The highest BCUT2D eigenvalue weighted by atomic mass is 79.9. The number of carbonyl (C=O) groups excluding carboxylic acids is 1. The van der Waals surface area contributed by atoms with Crippen LogP contribution >= 0.6 is 15.9 Å². The number of non-ortho nitro benzene ring substituents is 1. The normalized spacial score (nSPS) is 10.6. The van der Waals surface area contributed by atoms with Gasteiger partial charge in [0.2, 0.25) is 0 Å². The lowest BCUT2D eigenvalue weighted by Crippen LogP contribution is -2.17. The average Bonchev–Trinajstić information content (AvgIpc) is 2.57. The van der Waals surface area contributed by atoms with Gasteiger partial charge in [0.05, 0.1) is 16.1 Å². The summed E-state index contributed by atoms with van der Waals surface area (Å²) in [6.45, 7) is 0. The van der Waals surface area contributed by atoms with Gasteiger partial charge in [0, 0.05) is 28.2 Å². The molecule has 0 saturated carbocycles. The molecule has 0 bridgehead atoms. The molecule has 25 heavy (non-hydrogen) atoms. The number of benzene rings is 2. The molecule has 10 nitrogen and oxygen atoms in total. The van der Waals surface area contributed by atoms with Gasteiger partial charge in [-0.15, -0.1) is 0 Å². The highest BCUT2D eigenvalue weighted by Gasteiger charge is 2.12. The summed E-state index contributed by atoms with van der Waals surface area (Å²) in [6, 6.07) is 7.18. The third-order valence-corrected chi connectivity index (χ3v) is 3.43. The van der Waals surface area contributed by atoms with Gasteiger partial charge >= 0.3 is 0 Å². The standard InChI is InChI=1S/C14H9BrN4O6/c15-10-5-9(13(20)12(6-10)19(24)25)7-16-17-14(21)8-1-3-11(4-2-8)18(22)23/h1-7,20H,(H,17,21)/p-1/b16-7+. The van der Waals surface area contributed by atoms with Crippen LogP contribution in [0, 0.1) is 20.2 Å². The first-order valence-electron chi connectivity index (χ1n) is 6.52. The van der Waals surface area contributed by atoms with Crippen molar-refractivity contribution < 1.29 is 19.7 Å². The highest BCUT2D eigenvalue weighted by molar-refractivity contribution is 9.10. The molecule has 0 aliphatic heterocycles. The third-order valence-electron chi connectivity index (χ3n) is 2.97. The van der Waals surface area contributed by atoms with Gasteiger partial charge < -0.3 is 5.11 Å². The topological polar surface area (TPSA) is 151 Å². The van der Waals surface area contributed by atoms with Gasteiger partial charge in [0.1, 0.15) is 0 Å². The van der Waals surface area contributed by atoms with Crippen molar-refractivity contribution in [1.82, 2.24) is 5.43 Å². The molecule has 0 aliphatic carbocycles. The summed E-state index contributed by atoms with van der Waals surface area (Å²) < 4.78 is 0.307. The highest BCUT2D eigenvalue weighted by Crippen LogP contribution is 2.30. The predicted octanol–water partition coefficient (Wildman–Crippen LogP) is 2.10. The maximum absolute atomic E-state index is 11.9. The van der Waals surface area contributed by atoms with E-state index in [9.17, 15) is 30.1 Å². The van der Waals surface area contributed by atoms with E-state index < -0.39 is 27.2 Å². The van der Waals surface area contributed by atoms with Gasteiger partial charge in [-0.25, -0.2) is 5.43 Å². The molecule has 0 aliphatic rings. The van der Waals surface area contributed by atoms with Crippen LogP contribution in [-0.2, 0) is 0 Å². The third kappa shape index (κ3) is 4.35. The van der Waals surface area contributed by atoms with Crippen LogP contribution in [0.2, 0.25) is 0 Å². The van der Waals surface area contributed by atoms with Crippen LogP contribution in [-0.4, -0.2) is 22.0 Å². The Labute approximate surface area is 148 Å². The number of hydrogen-bond donors (Lipinski definition) is 1. The molecule has 2 aromatic rings. The Bertz CT molecular complexity index is 882. The van der Waals surface area contributed by atoms with Crippen molar-refractivity contribution >= 4 is 39.4 Å². The number of nitro benzene ring substituents is 2. The Morgan fingerprint density at radius 2 is 1.76 bits per heavy atom. The Morgan fingerprint density at radius 1 is 1.12 bits per heavy atom. The first-order chi connectivity index (χ1) is 11.8. The molecule has 2 rings (SSSR count). The molecular weight excluding hydrogens is 400 g/mol. The number of hydrogen-bond acceptors (Lipinski definition) is 7. The number of nitrogens with one attached hydrogen (secondary N) is 1. The Balaban J connectivity index is 2.14. The van der Waals surface area contributed by atoms with Gasteiger partial charge in [-0.1, -0.05) is 15.9 Å². The summed E-state index contributed by atoms with van der Waals surface area (Å²) in [4.78, 5) is 31.8. The molecule has 0 aromatic heterocycles. The fourth-order valence-electron chi connectivity index (χ4n) is 1.79. The predicted molar refractivity (Wildman–Crippen MR) is 88.4 cm³/mol. The van der Waals surface area contributed by atoms with Crippen LogP contribution in [0.5, 0.6) is 5.75 Å². The minimum atomic E-state index is -0.846. The largest absolute Gasteiger partial charge is 0.867 e. The van der Waals surface area contributed by atoms with Crippen LogP contribution in [0.3, 0.4) is 0 Å². The van der Waals surface area contributed by atoms with Crippen molar-refractivity contribution in [2.75, 3.05) is 0 Å². The van der Waals surface area contributed by atoms with Gasteiger partial charge in [-0.2, -0.15) is 5.10 Å². The fourth-order valence-corrected chi connectivity index (χ4v) is 2.25. The van der Waals surface area contributed by atoms with Crippen LogP contribution in [0.25, 0.3) is 0 Å². The van der Waals surface area contributed by atoms with Crippen molar-refractivity contribution in [3.05, 3.63) is 72.2 Å². The van der Waals surface area contributed by atoms with Crippen molar-refractivity contribution in [1.29, 1.82) is 0 Å². The molecule has 11 heteroatoms. The SMILES string of the molecule is O=C(N/N=C/c1cc(Br)cc([N+](=O)[O-])c1[O-])c1ccc([N+](=O)[O-])cc1. The van der Waals surface area contributed by atoms with E-state index >= 15 is 0 Å². The lowest BCUT2D eigenvalue weighted by molar-refractivity contribution is -0.398. The molecule has 1 amide bonds. The number of carbonyl (C=O) groups is 1. The van der Waals surface area contributed by atoms with Crippen molar-refractivity contribution in [2.45, 2.75) is 0 Å². The maximum atomic E-state index is 11.9. The Morgan fingerprint density at radius 3 is 2.32 bits per heavy atom. The number of halogens is 1. The minimum Gasteiger partial charge on any atom is -0.867 e. The zero-order valence-corrected chi connectivity index (χ0v) is 13.8. The first-order valence-corrected chi connectivity index (χ1v) is 7.31. The number of rotatable bonds is 5. The van der Waals surface area contributed by atoms with Gasteiger partial charge in [0.25, 0.3) is 17.3 Å². The minimum absolute atomic E-state index is 0.0925. The van der Waals surface area contributed by atoms with Crippen LogP contribution in [0.15, 0.2) is 46.0 Å². The lowest BCUT2D eigenvalue weighted by Gasteiger charge is -2.10. The maximum Gasteiger partial charge on any atom is 0.271 e. The molecular formula is C14H8BrN4O6-. The quantitative estimate of drug-likeness (QED) is 0.455. The van der Waals surface area contributed by atoms with Crippen molar-refractivity contribution in [2.24, 2.45) is 5.10 Å². The molecule has 2 aromatic carbocycles. The molecule has 0 fully saturated rings. The van der Waals surface area contributed by atoms with Crippen LogP contribution in [0.4, 0.5) is 11.4 Å². The molecule has 0 unspecified atom stereocenters.